The van der Waals surface area contributed by atoms with Gasteiger partial charge in [-0.3, -0.25) is 0 Å². The average molecular weight is 216 g/mol. The summed E-state index contributed by atoms with van der Waals surface area (Å²) in [6, 6.07) is 6.61. The van der Waals surface area contributed by atoms with Gasteiger partial charge in [0.2, 0.25) is 0 Å². The molecule has 0 saturated heterocycles. The van der Waals surface area contributed by atoms with E-state index < -0.39 is 0 Å². The zero-order valence-electron chi connectivity index (χ0n) is 9.66. The Balaban J connectivity index is 0.00000196. The summed E-state index contributed by atoms with van der Waals surface area (Å²) in [6.45, 7) is 2.89. The SMILES string of the molecule is CCCCCCOc1cccc([O-])c1.[Na+]. The molecule has 0 fully saturated rings. The fraction of sp³-hybridized carbons (Fsp3) is 0.500. The Morgan fingerprint density at radius 2 is 2.00 bits per heavy atom. The Kier molecular flexibility index (Phi) is 8.97. The minimum atomic E-state index is 0. The van der Waals surface area contributed by atoms with E-state index in [-0.39, 0.29) is 35.3 Å². The number of ether oxygens (including phenoxy) is 1. The summed E-state index contributed by atoms with van der Waals surface area (Å²) < 4.78 is 5.43. The van der Waals surface area contributed by atoms with Gasteiger partial charge in [0.05, 0.1) is 6.61 Å². The van der Waals surface area contributed by atoms with E-state index in [1.54, 1.807) is 6.07 Å². The normalized spacial score (nSPS) is 9.40. The van der Waals surface area contributed by atoms with Crippen molar-refractivity contribution < 1.29 is 39.4 Å². The zero-order valence-corrected chi connectivity index (χ0v) is 11.7. The Morgan fingerprint density at radius 1 is 1.20 bits per heavy atom. The molecule has 1 aromatic rings. The first kappa shape index (κ1) is 14.8. The summed E-state index contributed by atoms with van der Waals surface area (Å²) >= 11 is 0. The molecule has 0 spiro atoms. The summed E-state index contributed by atoms with van der Waals surface area (Å²) in [5, 5.41) is 10.9. The number of unbranched alkanes of at least 4 members (excludes halogenated alkanes) is 3. The predicted octanol–water partition coefficient (Wildman–Crippen LogP) is -0.277. The van der Waals surface area contributed by atoms with E-state index >= 15 is 0 Å². The second-order valence-electron chi connectivity index (χ2n) is 3.38. The summed E-state index contributed by atoms with van der Waals surface area (Å²) in [4.78, 5) is 0. The van der Waals surface area contributed by atoms with Crippen LogP contribution in [-0.4, -0.2) is 6.61 Å². The molecule has 0 atom stereocenters. The summed E-state index contributed by atoms with van der Waals surface area (Å²) in [7, 11) is 0. The van der Waals surface area contributed by atoms with E-state index in [1.807, 2.05) is 6.07 Å². The monoisotopic (exact) mass is 216 g/mol. The first-order valence-electron chi connectivity index (χ1n) is 5.23. The summed E-state index contributed by atoms with van der Waals surface area (Å²) in [5.41, 5.74) is 0. The van der Waals surface area contributed by atoms with Crippen LogP contribution < -0.4 is 39.4 Å². The molecule has 1 rings (SSSR count). The largest absolute Gasteiger partial charge is 1.00 e. The number of rotatable bonds is 6. The minimum absolute atomic E-state index is 0. The van der Waals surface area contributed by atoms with Gasteiger partial charge in [0.15, 0.2) is 0 Å². The van der Waals surface area contributed by atoms with Crippen molar-refractivity contribution in [1.29, 1.82) is 0 Å². The van der Waals surface area contributed by atoms with Crippen LogP contribution in [0.5, 0.6) is 11.5 Å². The molecule has 0 aliphatic heterocycles. The molecule has 0 unspecified atom stereocenters. The topological polar surface area (TPSA) is 32.3 Å². The van der Waals surface area contributed by atoms with Gasteiger partial charge in [0.1, 0.15) is 5.75 Å². The molecule has 15 heavy (non-hydrogen) atoms. The van der Waals surface area contributed by atoms with Crippen molar-refractivity contribution in [2.75, 3.05) is 6.61 Å². The number of hydrogen-bond acceptors (Lipinski definition) is 2. The van der Waals surface area contributed by atoms with Crippen molar-refractivity contribution >= 4 is 0 Å². The van der Waals surface area contributed by atoms with Crippen molar-refractivity contribution in [1.82, 2.24) is 0 Å². The van der Waals surface area contributed by atoms with Crippen LogP contribution in [-0.2, 0) is 0 Å². The molecule has 1 aromatic carbocycles. The van der Waals surface area contributed by atoms with Crippen molar-refractivity contribution in [2.45, 2.75) is 32.6 Å². The van der Waals surface area contributed by atoms with E-state index in [1.165, 1.54) is 31.4 Å². The third kappa shape index (κ3) is 6.82. The van der Waals surface area contributed by atoms with Gasteiger partial charge >= 0.3 is 29.6 Å². The average Bonchev–Trinajstić information content (AvgIpc) is 2.18. The molecular weight excluding hydrogens is 199 g/mol. The summed E-state index contributed by atoms with van der Waals surface area (Å²) in [5.74, 6) is 0.699. The second-order valence-corrected chi connectivity index (χ2v) is 3.38. The third-order valence-corrected chi connectivity index (χ3v) is 2.07. The molecule has 0 aromatic heterocycles. The molecule has 0 heterocycles. The number of hydrogen-bond donors (Lipinski definition) is 0. The molecular formula is C12H17NaO2. The van der Waals surface area contributed by atoms with Crippen LogP contribution in [0.3, 0.4) is 0 Å². The van der Waals surface area contributed by atoms with Crippen molar-refractivity contribution in [2.24, 2.45) is 0 Å². The Hall–Kier alpha value is -0.180. The molecule has 0 aliphatic carbocycles. The molecule has 0 amide bonds. The van der Waals surface area contributed by atoms with E-state index in [4.69, 9.17) is 4.74 Å². The van der Waals surface area contributed by atoms with Gasteiger partial charge in [0, 0.05) is 0 Å². The van der Waals surface area contributed by atoms with Crippen LogP contribution in [0.25, 0.3) is 0 Å². The molecule has 3 heteroatoms. The van der Waals surface area contributed by atoms with Gasteiger partial charge in [-0.15, -0.1) is 5.75 Å². The maximum absolute atomic E-state index is 10.9. The van der Waals surface area contributed by atoms with E-state index in [0.717, 1.165) is 6.42 Å². The maximum atomic E-state index is 10.9. The standard InChI is InChI=1S/C12H18O2.Na/c1-2-3-4-5-9-14-12-8-6-7-11(13)10-12;/h6-8,10,13H,2-5,9H2,1H3;/q;+1/p-1. The molecule has 78 valence electrons. The van der Waals surface area contributed by atoms with E-state index in [2.05, 4.69) is 6.92 Å². The quantitative estimate of drug-likeness (QED) is 0.484. The first-order valence-corrected chi connectivity index (χ1v) is 5.23. The van der Waals surface area contributed by atoms with E-state index in [9.17, 15) is 5.11 Å². The van der Waals surface area contributed by atoms with Crippen molar-refractivity contribution in [3.8, 4) is 11.5 Å². The molecule has 0 bridgehead atoms. The van der Waals surface area contributed by atoms with Gasteiger partial charge < -0.3 is 9.84 Å². The van der Waals surface area contributed by atoms with Crippen molar-refractivity contribution in [3.63, 3.8) is 0 Å². The number of benzene rings is 1. The first-order chi connectivity index (χ1) is 6.83. The summed E-state index contributed by atoms with van der Waals surface area (Å²) in [6.07, 6.45) is 4.76. The van der Waals surface area contributed by atoms with E-state index in [0.29, 0.717) is 12.4 Å². The molecule has 0 radical (unpaired) electrons. The Labute approximate surface area is 114 Å². The smallest absolute Gasteiger partial charge is 0.872 e. The molecule has 0 N–H and O–H groups in total. The zero-order chi connectivity index (χ0) is 10.2. The molecule has 2 nitrogen and oxygen atoms in total. The van der Waals surface area contributed by atoms with Crippen molar-refractivity contribution in [3.05, 3.63) is 24.3 Å². The van der Waals surface area contributed by atoms with Crippen LogP contribution in [0.4, 0.5) is 0 Å². The van der Waals surface area contributed by atoms with Crippen LogP contribution in [0.2, 0.25) is 0 Å². The van der Waals surface area contributed by atoms with Gasteiger partial charge in [0.25, 0.3) is 0 Å². The predicted molar refractivity (Wildman–Crippen MR) is 55.5 cm³/mol. The maximum Gasteiger partial charge on any atom is 1.00 e. The Morgan fingerprint density at radius 3 is 2.67 bits per heavy atom. The molecule has 0 aliphatic rings. The Bertz CT molecular complexity index is 264. The van der Waals surface area contributed by atoms with Crippen LogP contribution >= 0.6 is 0 Å². The minimum Gasteiger partial charge on any atom is -0.872 e. The third-order valence-electron chi connectivity index (χ3n) is 2.07. The van der Waals surface area contributed by atoms with Gasteiger partial charge in [-0.1, -0.05) is 38.3 Å². The fourth-order valence-electron chi connectivity index (χ4n) is 1.28. The van der Waals surface area contributed by atoms with Crippen LogP contribution in [0, 0.1) is 0 Å². The van der Waals surface area contributed by atoms with Crippen LogP contribution in [0.15, 0.2) is 24.3 Å². The fourth-order valence-corrected chi connectivity index (χ4v) is 1.28. The van der Waals surface area contributed by atoms with Crippen LogP contribution in [0.1, 0.15) is 32.6 Å². The second kappa shape index (κ2) is 9.08. The van der Waals surface area contributed by atoms with Gasteiger partial charge in [-0.25, -0.2) is 0 Å². The molecule has 0 saturated carbocycles. The van der Waals surface area contributed by atoms with Gasteiger partial charge in [-0.2, -0.15) is 0 Å². The van der Waals surface area contributed by atoms with Gasteiger partial charge in [-0.05, 0) is 18.6 Å².